The predicted octanol–water partition coefficient (Wildman–Crippen LogP) is 2.68. The Bertz CT molecular complexity index is 1110. The van der Waals surface area contributed by atoms with E-state index in [0.29, 0.717) is 28.9 Å². The Kier molecular flexibility index (Phi) is 6.43. The van der Waals surface area contributed by atoms with Crippen molar-refractivity contribution >= 4 is 29.5 Å². The summed E-state index contributed by atoms with van der Waals surface area (Å²) in [6.07, 6.45) is 0.501. The van der Waals surface area contributed by atoms with Crippen molar-refractivity contribution in [2.24, 2.45) is 0 Å². The third kappa shape index (κ3) is 4.94. The molecule has 162 valence electrons. The minimum Gasteiger partial charge on any atom is -0.465 e. The average molecular weight is 428 g/mol. The quantitative estimate of drug-likeness (QED) is 0.483. The highest BCUT2D eigenvalue weighted by atomic mass is 19.1. The van der Waals surface area contributed by atoms with Crippen LogP contribution in [0.4, 0.5) is 22.0 Å². The monoisotopic (exact) mass is 428 g/mol. The molecule has 0 aliphatic heterocycles. The number of methoxy groups -OCH3 is 1. The number of hydrogen-bond donors (Lipinski definition) is 3. The van der Waals surface area contributed by atoms with Gasteiger partial charge in [0, 0.05) is 11.4 Å². The maximum atomic E-state index is 13.0. The number of aromatic nitrogens is 4. The molecule has 4 N–H and O–H groups in total. The van der Waals surface area contributed by atoms with E-state index in [2.05, 4.69) is 25.3 Å². The van der Waals surface area contributed by atoms with E-state index in [1.54, 1.807) is 6.92 Å². The van der Waals surface area contributed by atoms with E-state index in [1.165, 1.54) is 31.4 Å². The maximum absolute atomic E-state index is 13.0. The van der Waals surface area contributed by atoms with Crippen molar-refractivity contribution in [1.29, 1.82) is 0 Å². The largest absolute Gasteiger partial charge is 0.465 e. The lowest BCUT2D eigenvalue weighted by Crippen LogP contribution is -2.12. The Balaban J connectivity index is 1.74. The summed E-state index contributed by atoms with van der Waals surface area (Å²) in [4.78, 5) is 39.6. The van der Waals surface area contributed by atoms with E-state index in [0.717, 1.165) is 0 Å². The fraction of sp³-hybridized carbons (Fsp3) is 0.250. The number of hydrogen-bond acceptors (Lipinski definition) is 9. The van der Waals surface area contributed by atoms with Crippen LogP contribution in [0.1, 0.15) is 44.9 Å². The number of benzene rings is 1. The molecule has 2 heterocycles. The van der Waals surface area contributed by atoms with Crippen LogP contribution in [0.15, 0.2) is 24.3 Å². The van der Waals surface area contributed by atoms with Gasteiger partial charge in [0.25, 0.3) is 0 Å². The standard InChI is InChI=1S/C20H21FN6O4/c1-4-13-15(17(28)30-3)10(2)16(24-13)18(29)31-9-14-25-19(22)27-20(26-14)23-12-7-5-11(21)6-8-12/h5-8,24H,4,9H2,1-3H3,(H3,22,23,25,26,27). The summed E-state index contributed by atoms with van der Waals surface area (Å²) in [7, 11) is 1.27. The van der Waals surface area contributed by atoms with Crippen molar-refractivity contribution in [2.45, 2.75) is 26.9 Å². The van der Waals surface area contributed by atoms with Gasteiger partial charge in [-0.05, 0) is 43.2 Å². The Morgan fingerprint density at radius 2 is 1.87 bits per heavy atom. The molecule has 0 atom stereocenters. The van der Waals surface area contributed by atoms with Gasteiger partial charge in [0.05, 0.1) is 12.7 Å². The summed E-state index contributed by atoms with van der Waals surface area (Å²) in [5, 5.41) is 2.87. The number of rotatable bonds is 7. The van der Waals surface area contributed by atoms with Gasteiger partial charge >= 0.3 is 11.9 Å². The molecule has 2 aromatic heterocycles. The second kappa shape index (κ2) is 9.20. The van der Waals surface area contributed by atoms with Crippen molar-refractivity contribution in [2.75, 3.05) is 18.2 Å². The highest BCUT2D eigenvalue weighted by Gasteiger charge is 2.24. The number of nitrogen functional groups attached to an aromatic ring is 1. The van der Waals surface area contributed by atoms with Crippen LogP contribution in [0.3, 0.4) is 0 Å². The molecule has 0 fully saturated rings. The van der Waals surface area contributed by atoms with E-state index >= 15 is 0 Å². The maximum Gasteiger partial charge on any atom is 0.355 e. The van der Waals surface area contributed by atoms with Gasteiger partial charge in [0.1, 0.15) is 11.5 Å². The lowest BCUT2D eigenvalue weighted by atomic mass is 10.1. The number of carbonyl (C=O) groups is 2. The molecule has 0 unspecified atom stereocenters. The van der Waals surface area contributed by atoms with Gasteiger partial charge in [-0.3, -0.25) is 0 Å². The van der Waals surface area contributed by atoms with Gasteiger partial charge < -0.3 is 25.5 Å². The molecule has 0 radical (unpaired) electrons. The number of aryl methyl sites for hydroxylation is 1. The Morgan fingerprint density at radius 1 is 1.16 bits per heavy atom. The number of carbonyl (C=O) groups excluding carboxylic acids is 2. The number of aromatic amines is 1. The second-order valence-corrected chi connectivity index (χ2v) is 6.47. The highest BCUT2D eigenvalue weighted by molar-refractivity contribution is 5.98. The molecule has 11 heteroatoms. The zero-order valence-electron chi connectivity index (χ0n) is 17.2. The van der Waals surface area contributed by atoms with E-state index in [-0.39, 0.29) is 35.8 Å². The number of nitrogens with two attached hydrogens (primary N) is 1. The molecule has 10 nitrogen and oxygen atoms in total. The van der Waals surface area contributed by atoms with Gasteiger partial charge in [-0.1, -0.05) is 6.92 Å². The first kappa shape index (κ1) is 21.7. The van der Waals surface area contributed by atoms with Crippen LogP contribution >= 0.6 is 0 Å². The molecule has 0 bridgehead atoms. The molecular weight excluding hydrogens is 407 g/mol. The summed E-state index contributed by atoms with van der Waals surface area (Å²) < 4.78 is 23.1. The Morgan fingerprint density at radius 3 is 2.52 bits per heavy atom. The number of halogens is 1. The molecule has 0 saturated carbocycles. The Labute approximate surface area is 177 Å². The van der Waals surface area contributed by atoms with Crippen molar-refractivity contribution in [3.63, 3.8) is 0 Å². The number of nitrogens with zero attached hydrogens (tertiary/aromatic N) is 3. The molecule has 0 spiro atoms. The van der Waals surface area contributed by atoms with Gasteiger partial charge in [0.2, 0.25) is 11.9 Å². The summed E-state index contributed by atoms with van der Waals surface area (Å²) in [5.41, 5.74) is 7.71. The SMILES string of the molecule is CCc1[nH]c(C(=O)OCc2nc(N)nc(Nc3ccc(F)cc3)n2)c(C)c1C(=O)OC. The molecule has 0 amide bonds. The zero-order valence-corrected chi connectivity index (χ0v) is 17.2. The highest BCUT2D eigenvalue weighted by Crippen LogP contribution is 2.21. The fourth-order valence-electron chi connectivity index (χ4n) is 2.93. The van der Waals surface area contributed by atoms with Crippen molar-refractivity contribution in [3.05, 3.63) is 58.4 Å². The van der Waals surface area contributed by atoms with Crippen LogP contribution in [-0.4, -0.2) is 39.0 Å². The topological polar surface area (TPSA) is 145 Å². The van der Waals surface area contributed by atoms with E-state index in [1.807, 2.05) is 6.92 Å². The van der Waals surface area contributed by atoms with Gasteiger partial charge in [-0.25, -0.2) is 14.0 Å². The van der Waals surface area contributed by atoms with Crippen LogP contribution in [0.2, 0.25) is 0 Å². The molecule has 1 aromatic carbocycles. The third-order valence-corrected chi connectivity index (χ3v) is 4.41. The Hall–Kier alpha value is -4.02. The summed E-state index contributed by atoms with van der Waals surface area (Å²) in [6.45, 7) is 3.19. The predicted molar refractivity (Wildman–Crippen MR) is 109 cm³/mol. The molecule has 0 aliphatic carbocycles. The van der Waals surface area contributed by atoms with Crippen LogP contribution in [-0.2, 0) is 22.5 Å². The van der Waals surface area contributed by atoms with Crippen molar-refractivity contribution in [3.8, 4) is 0 Å². The van der Waals surface area contributed by atoms with Gasteiger partial charge in [-0.15, -0.1) is 0 Å². The lowest BCUT2D eigenvalue weighted by Gasteiger charge is -2.08. The van der Waals surface area contributed by atoms with E-state index in [9.17, 15) is 14.0 Å². The van der Waals surface area contributed by atoms with Gasteiger partial charge in [-0.2, -0.15) is 15.0 Å². The average Bonchev–Trinajstić information content (AvgIpc) is 3.09. The number of nitrogens with one attached hydrogen (secondary N) is 2. The number of esters is 2. The zero-order chi connectivity index (χ0) is 22.5. The van der Waals surface area contributed by atoms with E-state index in [4.69, 9.17) is 15.2 Å². The molecular formula is C20H21FN6O4. The van der Waals surface area contributed by atoms with E-state index < -0.39 is 11.9 Å². The first-order valence-electron chi connectivity index (χ1n) is 9.32. The minimum absolute atomic E-state index is 0.0806. The van der Waals surface area contributed by atoms with Crippen LogP contribution in [0, 0.1) is 12.7 Å². The van der Waals surface area contributed by atoms with Crippen LogP contribution in [0.5, 0.6) is 0 Å². The molecule has 3 aromatic rings. The van der Waals surface area contributed by atoms with Crippen molar-refractivity contribution in [1.82, 2.24) is 19.9 Å². The minimum atomic E-state index is -0.686. The number of anilines is 3. The lowest BCUT2D eigenvalue weighted by molar-refractivity contribution is 0.0455. The first-order chi connectivity index (χ1) is 14.8. The number of ether oxygens (including phenoxy) is 2. The molecule has 3 rings (SSSR count). The molecule has 0 aliphatic rings. The summed E-state index contributed by atoms with van der Waals surface area (Å²) in [6, 6.07) is 5.57. The van der Waals surface area contributed by atoms with Crippen LogP contribution < -0.4 is 11.1 Å². The smallest absolute Gasteiger partial charge is 0.355 e. The normalized spacial score (nSPS) is 10.6. The van der Waals surface area contributed by atoms with Gasteiger partial charge in [0.15, 0.2) is 12.4 Å². The fourth-order valence-corrected chi connectivity index (χ4v) is 2.93. The van der Waals surface area contributed by atoms with Crippen molar-refractivity contribution < 1.29 is 23.5 Å². The summed E-state index contributed by atoms with van der Waals surface area (Å²) in [5.74, 6) is -1.46. The summed E-state index contributed by atoms with van der Waals surface area (Å²) >= 11 is 0. The molecule has 31 heavy (non-hydrogen) atoms. The third-order valence-electron chi connectivity index (χ3n) is 4.41. The second-order valence-electron chi connectivity index (χ2n) is 6.47. The van der Waals surface area contributed by atoms with Crippen LogP contribution in [0.25, 0.3) is 0 Å². The number of H-pyrrole nitrogens is 1. The molecule has 0 saturated heterocycles. The first-order valence-corrected chi connectivity index (χ1v) is 9.32.